The average molecular weight is 332 g/mol. The summed E-state index contributed by atoms with van der Waals surface area (Å²) in [5, 5.41) is 4.81. The minimum atomic E-state index is 0.874. The molecule has 2 aliphatic rings. The summed E-state index contributed by atoms with van der Waals surface area (Å²) in [5.74, 6) is 1.95. The molecule has 0 aliphatic carbocycles. The maximum Gasteiger partial charge on any atom is 0.223 e. The van der Waals surface area contributed by atoms with Gasteiger partial charge < -0.3 is 4.90 Å². The Labute approximate surface area is 142 Å². The van der Waals surface area contributed by atoms with E-state index in [1.165, 1.54) is 5.52 Å². The van der Waals surface area contributed by atoms with Crippen molar-refractivity contribution in [1.82, 2.24) is 24.4 Å². The van der Waals surface area contributed by atoms with E-state index in [0.29, 0.717) is 0 Å². The van der Waals surface area contributed by atoms with Crippen LogP contribution in [0, 0.1) is 0 Å². The van der Waals surface area contributed by atoms with Crippen molar-refractivity contribution in [1.29, 1.82) is 0 Å². The van der Waals surface area contributed by atoms with Crippen LogP contribution in [0.1, 0.15) is 0 Å². The molecule has 1 fully saturated rings. The molecule has 1 aromatic carbocycles. The van der Waals surface area contributed by atoms with E-state index in [1.54, 1.807) is 0 Å². The molecule has 4 rings (SSSR count). The molecule has 0 bridgehead atoms. The number of fused-ring (bicyclic) bond motifs is 3. The molecule has 0 atom stereocenters. The highest BCUT2D eigenvalue weighted by atomic mass is 32.1. The number of aromatic nitrogens is 2. The highest BCUT2D eigenvalue weighted by Crippen LogP contribution is 2.28. The molecule has 0 spiro atoms. The zero-order valence-corrected chi connectivity index (χ0v) is 14.5. The molecule has 2 aliphatic heterocycles. The predicted molar refractivity (Wildman–Crippen MR) is 96.7 cm³/mol. The molecular weight excluding hydrogens is 308 g/mol. The molecule has 3 heterocycles. The number of benzene rings is 1. The number of para-hydroxylation sites is 2. The van der Waals surface area contributed by atoms with Gasteiger partial charge in [0.2, 0.25) is 5.95 Å². The highest BCUT2D eigenvalue weighted by molar-refractivity contribution is 7.80. The topological polar surface area (TPSA) is 30.8 Å². The van der Waals surface area contributed by atoms with E-state index in [1.807, 2.05) is 0 Å². The van der Waals surface area contributed by atoms with E-state index >= 15 is 0 Å². The minimum absolute atomic E-state index is 0.874. The van der Waals surface area contributed by atoms with Crippen LogP contribution in [0.2, 0.25) is 0 Å². The fourth-order valence-corrected chi connectivity index (χ4v) is 3.72. The van der Waals surface area contributed by atoms with Crippen molar-refractivity contribution in [2.75, 3.05) is 57.2 Å². The third-order valence-corrected chi connectivity index (χ3v) is 4.98. The maximum absolute atomic E-state index is 4.91. The lowest BCUT2D eigenvalue weighted by Crippen LogP contribution is -2.58. The van der Waals surface area contributed by atoms with Crippen LogP contribution in [0.4, 0.5) is 5.95 Å². The van der Waals surface area contributed by atoms with E-state index in [4.69, 9.17) is 4.98 Å². The van der Waals surface area contributed by atoms with Gasteiger partial charge in [-0.05, 0) is 19.2 Å². The van der Waals surface area contributed by atoms with Crippen molar-refractivity contribution in [3.63, 3.8) is 0 Å². The van der Waals surface area contributed by atoms with Gasteiger partial charge in [0, 0.05) is 38.5 Å². The van der Waals surface area contributed by atoms with Gasteiger partial charge in [-0.2, -0.15) is 12.6 Å². The number of piperazine rings is 1. The zero-order valence-electron chi connectivity index (χ0n) is 13.6. The van der Waals surface area contributed by atoms with E-state index in [0.717, 1.165) is 63.3 Å². The van der Waals surface area contributed by atoms with Crippen LogP contribution in [0.5, 0.6) is 0 Å². The van der Waals surface area contributed by atoms with Crippen molar-refractivity contribution in [2.24, 2.45) is 0 Å². The fraction of sp³-hybridized carbons (Fsp3) is 0.562. The third-order valence-electron chi connectivity index (χ3n) is 4.78. The molecule has 0 amide bonds. The summed E-state index contributed by atoms with van der Waals surface area (Å²) in [6, 6.07) is 8.42. The molecule has 7 heteroatoms. The first-order valence-corrected chi connectivity index (χ1v) is 8.89. The molecule has 0 radical (unpaired) electrons. The maximum atomic E-state index is 4.91. The van der Waals surface area contributed by atoms with Crippen molar-refractivity contribution < 1.29 is 0 Å². The summed E-state index contributed by atoms with van der Waals surface area (Å²) in [6.07, 6.45) is 0. The smallest absolute Gasteiger partial charge is 0.223 e. The molecule has 0 unspecified atom stereocenters. The van der Waals surface area contributed by atoms with E-state index in [9.17, 15) is 0 Å². The first-order chi connectivity index (χ1) is 11.3. The Morgan fingerprint density at radius 1 is 1.09 bits per heavy atom. The zero-order chi connectivity index (χ0) is 15.8. The Balaban J connectivity index is 1.71. The van der Waals surface area contributed by atoms with Crippen molar-refractivity contribution >= 4 is 29.6 Å². The van der Waals surface area contributed by atoms with Crippen LogP contribution in [0.3, 0.4) is 0 Å². The second-order valence-electron chi connectivity index (χ2n) is 6.39. The van der Waals surface area contributed by atoms with Crippen LogP contribution in [-0.2, 0) is 6.67 Å². The number of hydrogen-bond acceptors (Lipinski definition) is 6. The summed E-state index contributed by atoms with van der Waals surface area (Å²) in [7, 11) is 2.19. The number of imidazole rings is 1. The molecule has 0 N–H and O–H groups in total. The van der Waals surface area contributed by atoms with Crippen LogP contribution in [0.15, 0.2) is 24.3 Å². The number of hydrazine groups is 1. The highest BCUT2D eigenvalue weighted by Gasteiger charge is 2.30. The van der Waals surface area contributed by atoms with E-state index in [2.05, 4.69) is 68.3 Å². The Hall–Kier alpha value is -1.28. The van der Waals surface area contributed by atoms with Crippen LogP contribution >= 0.6 is 12.6 Å². The van der Waals surface area contributed by atoms with Crippen LogP contribution in [-0.4, -0.2) is 76.6 Å². The largest absolute Gasteiger partial charge is 0.304 e. The summed E-state index contributed by atoms with van der Waals surface area (Å²) in [5.41, 5.74) is 2.29. The monoisotopic (exact) mass is 332 g/mol. The van der Waals surface area contributed by atoms with Gasteiger partial charge in [0.05, 0.1) is 24.4 Å². The van der Waals surface area contributed by atoms with Crippen LogP contribution < -0.4 is 5.01 Å². The molecule has 1 aromatic heterocycles. The lowest BCUT2D eigenvalue weighted by atomic mass is 10.3. The Bertz CT molecular complexity index is 678. The Morgan fingerprint density at radius 3 is 2.65 bits per heavy atom. The van der Waals surface area contributed by atoms with Gasteiger partial charge in [-0.15, -0.1) is 0 Å². The van der Waals surface area contributed by atoms with Crippen molar-refractivity contribution in [3.05, 3.63) is 24.3 Å². The van der Waals surface area contributed by atoms with Gasteiger partial charge in [0.1, 0.15) is 0 Å². The standard InChI is InChI=1S/C16H24N6S/c1-18-6-8-20(9-7-18)22-13-19(10-11-23)12-21-15-5-3-2-4-14(15)17-16(21)22/h2-5,23H,6-13H2,1H3. The Kier molecular flexibility index (Phi) is 4.19. The normalized spacial score (nSPS) is 21.0. The number of thiol groups is 1. The lowest BCUT2D eigenvalue weighted by Gasteiger charge is -2.45. The van der Waals surface area contributed by atoms with E-state index in [-0.39, 0.29) is 0 Å². The predicted octanol–water partition coefficient (Wildman–Crippen LogP) is 1.17. The Morgan fingerprint density at radius 2 is 1.87 bits per heavy atom. The summed E-state index contributed by atoms with van der Waals surface area (Å²) >= 11 is 4.42. The average Bonchev–Trinajstić information content (AvgIpc) is 2.94. The van der Waals surface area contributed by atoms with E-state index < -0.39 is 0 Å². The second-order valence-corrected chi connectivity index (χ2v) is 6.83. The molecule has 2 aromatic rings. The summed E-state index contributed by atoms with van der Waals surface area (Å²) < 4.78 is 2.33. The van der Waals surface area contributed by atoms with Crippen molar-refractivity contribution in [2.45, 2.75) is 6.67 Å². The van der Waals surface area contributed by atoms with Gasteiger partial charge in [-0.3, -0.25) is 14.5 Å². The number of anilines is 1. The van der Waals surface area contributed by atoms with Crippen LogP contribution in [0.25, 0.3) is 11.0 Å². The molecular formula is C16H24N6S. The molecule has 0 saturated carbocycles. The minimum Gasteiger partial charge on any atom is -0.304 e. The molecule has 6 nitrogen and oxygen atoms in total. The van der Waals surface area contributed by atoms with Gasteiger partial charge in [-0.1, -0.05) is 12.1 Å². The lowest BCUT2D eigenvalue weighted by molar-refractivity contribution is 0.0926. The SMILES string of the molecule is CN1CCN(N2CN(CCS)Cn3c2nc2ccccc23)CC1. The summed E-state index contributed by atoms with van der Waals surface area (Å²) in [4.78, 5) is 9.73. The molecule has 124 valence electrons. The summed E-state index contributed by atoms with van der Waals surface area (Å²) in [6.45, 7) is 7.07. The van der Waals surface area contributed by atoms with Crippen molar-refractivity contribution in [3.8, 4) is 0 Å². The number of hydrogen-bond donors (Lipinski definition) is 1. The first kappa shape index (κ1) is 15.3. The number of likely N-dealkylation sites (N-methyl/N-ethyl adjacent to an activating group) is 1. The quantitative estimate of drug-likeness (QED) is 0.853. The number of nitrogens with zero attached hydrogens (tertiary/aromatic N) is 6. The fourth-order valence-electron chi connectivity index (χ4n) is 3.43. The number of rotatable bonds is 3. The van der Waals surface area contributed by atoms with Gasteiger partial charge in [0.15, 0.2) is 0 Å². The second kappa shape index (κ2) is 6.32. The molecule has 1 saturated heterocycles. The molecule has 23 heavy (non-hydrogen) atoms. The van der Waals surface area contributed by atoms with Gasteiger partial charge in [0.25, 0.3) is 0 Å². The third kappa shape index (κ3) is 2.82. The van der Waals surface area contributed by atoms with Gasteiger partial charge >= 0.3 is 0 Å². The first-order valence-electron chi connectivity index (χ1n) is 8.25. The van der Waals surface area contributed by atoms with Gasteiger partial charge in [-0.25, -0.2) is 9.99 Å².